The van der Waals surface area contributed by atoms with Gasteiger partial charge in [-0.3, -0.25) is 4.79 Å². The summed E-state index contributed by atoms with van der Waals surface area (Å²) in [5.74, 6) is 0.528. The number of nitrogens with one attached hydrogen (secondary N) is 1. The van der Waals surface area contributed by atoms with Crippen molar-refractivity contribution in [3.8, 4) is 5.75 Å². The summed E-state index contributed by atoms with van der Waals surface area (Å²) in [5.41, 5.74) is -0.847. The number of rotatable bonds is 0. The van der Waals surface area contributed by atoms with Crippen LogP contribution in [0.2, 0.25) is 0 Å². The van der Waals surface area contributed by atoms with Gasteiger partial charge in [-0.15, -0.1) is 0 Å². The van der Waals surface area contributed by atoms with E-state index in [1.165, 1.54) is 12.1 Å². The number of halogens is 3. The Balaban J connectivity index is 2.00. The van der Waals surface area contributed by atoms with E-state index in [1.807, 2.05) is 0 Å². The Hall–Kier alpha value is -2.18. The molecule has 0 amide bonds. The molecule has 1 fully saturated rings. The predicted molar refractivity (Wildman–Crippen MR) is 75.4 cm³/mol. The molecule has 1 atom stereocenters. The Labute approximate surface area is 123 Å². The van der Waals surface area contributed by atoms with Crippen LogP contribution in [0.25, 0.3) is 10.9 Å². The zero-order chi connectivity index (χ0) is 15.5. The lowest BCUT2D eigenvalue weighted by Gasteiger charge is -2.33. The zero-order valence-corrected chi connectivity index (χ0v) is 11.5. The van der Waals surface area contributed by atoms with Gasteiger partial charge in [0.05, 0.1) is 22.8 Å². The Morgan fingerprint density at radius 1 is 1.27 bits per heavy atom. The van der Waals surface area contributed by atoms with Crippen LogP contribution in [-0.4, -0.2) is 24.2 Å². The highest BCUT2D eigenvalue weighted by molar-refractivity contribution is 5.89. The van der Waals surface area contributed by atoms with Crippen LogP contribution in [0.15, 0.2) is 23.0 Å². The maximum Gasteiger partial charge on any atom is 0.417 e. The molecule has 2 aromatic rings. The number of alkyl halides is 3. The molecule has 1 aromatic carbocycles. The second-order valence-corrected chi connectivity index (χ2v) is 5.71. The SMILES string of the molecule is O=c1cc(C(F)(F)F)c2cc3c(cc2[nH]1)OC[C@H]1CCCN31. The summed E-state index contributed by atoms with van der Waals surface area (Å²) in [5, 5.41) is 0.00185. The van der Waals surface area contributed by atoms with Crippen LogP contribution in [-0.2, 0) is 6.18 Å². The first-order valence-corrected chi connectivity index (χ1v) is 7.11. The fourth-order valence-corrected chi connectivity index (χ4v) is 3.36. The molecule has 0 saturated carbocycles. The molecular formula is C15H13F3N2O2. The zero-order valence-electron chi connectivity index (χ0n) is 11.5. The topological polar surface area (TPSA) is 45.3 Å². The Morgan fingerprint density at radius 2 is 2.09 bits per heavy atom. The van der Waals surface area contributed by atoms with Crippen molar-refractivity contribution in [1.29, 1.82) is 0 Å². The van der Waals surface area contributed by atoms with Gasteiger partial charge >= 0.3 is 6.18 Å². The molecule has 2 aliphatic rings. The van der Waals surface area contributed by atoms with Crippen molar-refractivity contribution in [2.24, 2.45) is 0 Å². The van der Waals surface area contributed by atoms with Crippen molar-refractivity contribution in [3.63, 3.8) is 0 Å². The molecule has 116 valence electrons. The summed E-state index contributed by atoms with van der Waals surface area (Å²) in [6.45, 7) is 1.35. The van der Waals surface area contributed by atoms with E-state index in [2.05, 4.69) is 9.88 Å². The fourth-order valence-electron chi connectivity index (χ4n) is 3.36. The number of ether oxygens (including phenoxy) is 1. The summed E-state index contributed by atoms with van der Waals surface area (Å²) < 4.78 is 45.3. The van der Waals surface area contributed by atoms with Crippen LogP contribution < -0.4 is 15.2 Å². The Bertz CT molecular complexity index is 813. The third kappa shape index (κ3) is 1.95. The van der Waals surface area contributed by atoms with Crippen molar-refractivity contribution in [1.82, 2.24) is 4.98 Å². The first kappa shape index (κ1) is 13.5. The third-order valence-electron chi connectivity index (χ3n) is 4.35. The van der Waals surface area contributed by atoms with Crippen molar-refractivity contribution < 1.29 is 17.9 Å². The number of aromatic amines is 1. The van der Waals surface area contributed by atoms with E-state index in [1.54, 1.807) is 0 Å². The first-order chi connectivity index (χ1) is 10.4. The van der Waals surface area contributed by atoms with E-state index < -0.39 is 17.3 Å². The highest BCUT2D eigenvalue weighted by Crippen LogP contribution is 2.42. The molecule has 7 heteroatoms. The summed E-state index contributed by atoms with van der Waals surface area (Å²) in [6, 6.07) is 3.82. The molecule has 0 unspecified atom stereocenters. The normalized spacial score (nSPS) is 20.7. The van der Waals surface area contributed by atoms with Gasteiger partial charge < -0.3 is 14.6 Å². The van der Waals surface area contributed by atoms with Gasteiger partial charge in [-0.25, -0.2) is 0 Å². The van der Waals surface area contributed by atoms with Gasteiger partial charge in [-0.2, -0.15) is 13.2 Å². The molecule has 0 radical (unpaired) electrons. The molecule has 0 aliphatic carbocycles. The van der Waals surface area contributed by atoms with Crippen LogP contribution in [0.1, 0.15) is 18.4 Å². The number of fused-ring (bicyclic) bond motifs is 4. The molecule has 1 aromatic heterocycles. The van der Waals surface area contributed by atoms with Crippen LogP contribution >= 0.6 is 0 Å². The number of H-pyrrole nitrogens is 1. The molecule has 22 heavy (non-hydrogen) atoms. The minimum Gasteiger partial charge on any atom is -0.489 e. The molecule has 1 N–H and O–H groups in total. The van der Waals surface area contributed by atoms with Gasteiger partial charge in [0.2, 0.25) is 5.56 Å². The van der Waals surface area contributed by atoms with Crippen LogP contribution in [0.4, 0.5) is 18.9 Å². The standard InChI is InChI=1S/C15H13F3N2O2/c16-15(17,18)10-5-14(21)19-11-6-13-12(4-9(10)11)20-3-1-2-8(20)7-22-13/h4-6,8H,1-3,7H2,(H,19,21)/t8-/m1/s1. The smallest absolute Gasteiger partial charge is 0.417 e. The van der Waals surface area contributed by atoms with Crippen LogP contribution in [0, 0.1) is 0 Å². The van der Waals surface area contributed by atoms with Gasteiger partial charge in [-0.1, -0.05) is 0 Å². The molecule has 4 rings (SSSR count). The Kier molecular flexibility index (Phi) is 2.70. The van der Waals surface area contributed by atoms with E-state index >= 15 is 0 Å². The van der Waals surface area contributed by atoms with Gasteiger partial charge in [0, 0.05) is 24.1 Å². The molecule has 3 heterocycles. The van der Waals surface area contributed by atoms with Crippen molar-refractivity contribution in [2.45, 2.75) is 25.1 Å². The van der Waals surface area contributed by atoms with Gasteiger partial charge in [0.15, 0.2) is 0 Å². The van der Waals surface area contributed by atoms with E-state index in [0.717, 1.165) is 19.4 Å². The van der Waals surface area contributed by atoms with Crippen molar-refractivity contribution >= 4 is 16.6 Å². The van der Waals surface area contributed by atoms with Gasteiger partial charge in [0.1, 0.15) is 12.4 Å². The highest BCUT2D eigenvalue weighted by atomic mass is 19.4. The second kappa shape index (κ2) is 4.41. The summed E-state index contributed by atoms with van der Waals surface area (Å²) in [4.78, 5) is 16.1. The number of aromatic nitrogens is 1. The lowest BCUT2D eigenvalue weighted by atomic mass is 10.1. The largest absolute Gasteiger partial charge is 0.489 e. The lowest BCUT2D eigenvalue weighted by molar-refractivity contribution is -0.136. The first-order valence-electron chi connectivity index (χ1n) is 7.11. The molecule has 1 saturated heterocycles. The van der Waals surface area contributed by atoms with Crippen LogP contribution in [0.5, 0.6) is 5.75 Å². The number of anilines is 1. The second-order valence-electron chi connectivity index (χ2n) is 5.71. The number of hydrogen-bond acceptors (Lipinski definition) is 3. The molecule has 4 nitrogen and oxygen atoms in total. The average Bonchev–Trinajstić information content (AvgIpc) is 2.92. The Morgan fingerprint density at radius 3 is 2.86 bits per heavy atom. The predicted octanol–water partition coefficient (Wildman–Crippen LogP) is 2.91. The van der Waals surface area contributed by atoms with Gasteiger partial charge in [0.25, 0.3) is 0 Å². The number of hydrogen-bond donors (Lipinski definition) is 1. The summed E-state index contributed by atoms with van der Waals surface area (Å²) in [6.07, 6.45) is -2.58. The summed E-state index contributed by atoms with van der Waals surface area (Å²) >= 11 is 0. The van der Waals surface area contributed by atoms with Crippen LogP contribution in [0.3, 0.4) is 0 Å². The van der Waals surface area contributed by atoms with E-state index in [0.29, 0.717) is 24.1 Å². The summed E-state index contributed by atoms with van der Waals surface area (Å²) in [7, 11) is 0. The molecule has 2 aliphatic heterocycles. The third-order valence-corrected chi connectivity index (χ3v) is 4.35. The maximum atomic E-state index is 13.2. The minimum atomic E-state index is -4.57. The maximum absolute atomic E-state index is 13.2. The van der Waals surface area contributed by atoms with Gasteiger partial charge in [-0.05, 0) is 18.9 Å². The highest BCUT2D eigenvalue weighted by Gasteiger charge is 2.36. The van der Waals surface area contributed by atoms with Crippen molar-refractivity contribution in [2.75, 3.05) is 18.1 Å². The fraction of sp³-hybridized carbons (Fsp3) is 0.400. The van der Waals surface area contributed by atoms with Crippen molar-refractivity contribution in [3.05, 3.63) is 34.1 Å². The van der Waals surface area contributed by atoms with E-state index in [4.69, 9.17) is 4.74 Å². The van der Waals surface area contributed by atoms with E-state index in [9.17, 15) is 18.0 Å². The number of benzene rings is 1. The van der Waals surface area contributed by atoms with E-state index in [-0.39, 0.29) is 16.9 Å². The monoisotopic (exact) mass is 310 g/mol. The average molecular weight is 310 g/mol. The minimum absolute atomic E-state index is 0.00185. The quantitative estimate of drug-likeness (QED) is 0.814. The molecule has 0 bridgehead atoms. The number of nitrogens with zero attached hydrogens (tertiary/aromatic N) is 1. The lowest BCUT2D eigenvalue weighted by Crippen LogP contribution is -2.38. The molecular weight excluding hydrogens is 297 g/mol. The molecule has 0 spiro atoms. The number of pyridine rings is 1.